The molecule has 4 aromatic rings. The van der Waals surface area contributed by atoms with Crippen LogP contribution < -0.4 is 5.32 Å². The summed E-state index contributed by atoms with van der Waals surface area (Å²) >= 11 is 5.98. The monoisotopic (exact) mass is 416 g/mol. The maximum Gasteiger partial charge on any atom is 0.340 e. The average Bonchev–Trinajstić information content (AvgIpc) is 2.79. The number of anilines is 1. The van der Waals surface area contributed by atoms with Gasteiger partial charge in [0.2, 0.25) is 0 Å². The van der Waals surface area contributed by atoms with E-state index in [1.165, 1.54) is 13.2 Å². The molecule has 4 rings (SSSR count). The normalized spacial score (nSPS) is 10.6. The van der Waals surface area contributed by atoms with Crippen LogP contribution in [0.15, 0.2) is 79.0 Å². The lowest BCUT2D eigenvalue weighted by Crippen LogP contribution is -2.15. The Hall–Kier alpha value is -3.70. The number of ether oxygens (including phenoxy) is 1. The molecular weight excluding hydrogens is 400 g/mol. The summed E-state index contributed by atoms with van der Waals surface area (Å²) in [5, 5.41) is 4.17. The van der Waals surface area contributed by atoms with Crippen molar-refractivity contribution in [3.63, 3.8) is 0 Å². The molecule has 1 aromatic heterocycles. The van der Waals surface area contributed by atoms with Gasteiger partial charge >= 0.3 is 5.97 Å². The summed E-state index contributed by atoms with van der Waals surface area (Å²) in [6.07, 6.45) is 1.76. The second-order valence-corrected chi connectivity index (χ2v) is 7.06. The molecule has 148 valence electrons. The number of carbonyl (C=O) groups is 2. The second-order valence-electron chi connectivity index (χ2n) is 6.63. The van der Waals surface area contributed by atoms with Gasteiger partial charge in [-0.2, -0.15) is 0 Å². The van der Waals surface area contributed by atoms with Crippen LogP contribution in [-0.4, -0.2) is 24.0 Å². The number of esters is 1. The quantitative estimate of drug-likeness (QED) is 0.440. The zero-order chi connectivity index (χ0) is 21.1. The lowest BCUT2D eigenvalue weighted by Gasteiger charge is -2.11. The second kappa shape index (κ2) is 8.35. The van der Waals surface area contributed by atoms with Gasteiger partial charge in [-0.3, -0.25) is 9.78 Å². The third-order valence-corrected chi connectivity index (χ3v) is 4.93. The third-order valence-electron chi connectivity index (χ3n) is 4.70. The van der Waals surface area contributed by atoms with Crippen molar-refractivity contribution >= 4 is 40.1 Å². The van der Waals surface area contributed by atoms with Crippen molar-refractivity contribution in [3.8, 4) is 11.1 Å². The molecule has 0 aliphatic heterocycles. The first-order valence-corrected chi connectivity index (χ1v) is 9.57. The number of benzene rings is 3. The highest BCUT2D eigenvalue weighted by Gasteiger charge is 2.16. The number of halogens is 1. The van der Waals surface area contributed by atoms with Gasteiger partial charge in [0.25, 0.3) is 5.91 Å². The molecular formula is C24H17ClN2O3. The Morgan fingerprint density at radius 2 is 1.77 bits per heavy atom. The van der Waals surface area contributed by atoms with Crippen LogP contribution in [0, 0.1) is 0 Å². The van der Waals surface area contributed by atoms with Crippen LogP contribution in [0.2, 0.25) is 5.02 Å². The smallest absolute Gasteiger partial charge is 0.340 e. The van der Waals surface area contributed by atoms with E-state index < -0.39 is 5.97 Å². The molecule has 0 atom stereocenters. The Labute approximate surface area is 178 Å². The summed E-state index contributed by atoms with van der Waals surface area (Å²) in [6, 6.07) is 21.8. The number of carbonyl (C=O) groups excluding carboxylic acids is 2. The van der Waals surface area contributed by atoms with Crippen molar-refractivity contribution in [1.82, 2.24) is 4.98 Å². The number of pyridine rings is 1. The number of amides is 1. The lowest BCUT2D eigenvalue weighted by molar-refractivity contribution is 0.0602. The third kappa shape index (κ3) is 4.02. The molecule has 0 fully saturated rings. The van der Waals surface area contributed by atoms with E-state index >= 15 is 0 Å². The average molecular weight is 417 g/mol. The van der Waals surface area contributed by atoms with Crippen molar-refractivity contribution in [2.24, 2.45) is 0 Å². The number of methoxy groups -OCH3 is 1. The maximum atomic E-state index is 12.9. The van der Waals surface area contributed by atoms with E-state index in [0.717, 1.165) is 22.0 Å². The summed E-state index contributed by atoms with van der Waals surface area (Å²) in [5.41, 5.74) is 3.78. The first kappa shape index (κ1) is 19.6. The minimum absolute atomic E-state index is 0.191. The van der Waals surface area contributed by atoms with Gasteiger partial charge in [-0.25, -0.2) is 4.79 Å². The largest absolute Gasteiger partial charge is 0.465 e. The van der Waals surface area contributed by atoms with Crippen molar-refractivity contribution in [2.75, 3.05) is 12.4 Å². The number of nitrogens with zero attached hydrogens (tertiary/aromatic N) is 1. The van der Waals surface area contributed by atoms with Crippen molar-refractivity contribution in [2.45, 2.75) is 0 Å². The molecule has 0 saturated carbocycles. The van der Waals surface area contributed by atoms with Gasteiger partial charge in [-0.15, -0.1) is 0 Å². The maximum absolute atomic E-state index is 12.9. The summed E-state index contributed by atoms with van der Waals surface area (Å²) in [5.74, 6) is -0.918. The molecule has 0 saturated heterocycles. The van der Waals surface area contributed by atoms with Gasteiger partial charge in [0.05, 0.1) is 23.9 Å². The fraction of sp³-hybridized carbons (Fsp3) is 0.0417. The fourth-order valence-corrected chi connectivity index (χ4v) is 3.37. The Balaban J connectivity index is 1.64. The molecule has 6 heteroatoms. The predicted octanol–water partition coefficient (Wildman–Crippen LogP) is 5.59. The highest BCUT2D eigenvalue weighted by molar-refractivity contribution is 6.31. The Kier molecular flexibility index (Phi) is 5.46. The SMILES string of the molecule is COC(=O)c1cc(Cl)ccc1NC(=O)c1cccc(-c2ccc3ncccc3c2)c1. The molecule has 0 spiro atoms. The van der Waals surface area contributed by atoms with Gasteiger partial charge in [0.1, 0.15) is 0 Å². The molecule has 1 N–H and O–H groups in total. The van der Waals surface area contributed by atoms with Crippen LogP contribution in [0.4, 0.5) is 5.69 Å². The van der Waals surface area contributed by atoms with E-state index in [-0.39, 0.29) is 11.5 Å². The minimum Gasteiger partial charge on any atom is -0.465 e. The summed E-state index contributed by atoms with van der Waals surface area (Å²) in [4.78, 5) is 29.2. The molecule has 3 aromatic carbocycles. The number of aromatic nitrogens is 1. The van der Waals surface area contributed by atoms with Crippen molar-refractivity contribution in [3.05, 3.63) is 95.1 Å². The summed E-state index contributed by atoms with van der Waals surface area (Å²) in [7, 11) is 1.28. The predicted molar refractivity (Wildman–Crippen MR) is 118 cm³/mol. The van der Waals surface area contributed by atoms with Gasteiger partial charge in [0, 0.05) is 22.2 Å². The summed E-state index contributed by atoms with van der Waals surface area (Å²) < 4.78 is 4.78. The van der Waals surface area contributed by atoms with Crippen LogP contribution in [0.5, 0.6) is 0 Å². The van der Waals surface area contributed by atoms with Crippen LogP contribution >= 0.6 is 11.6 Å². The molecule has 0 aliphatic carbocycles. The van der Waals surface area contributed by atoms with Gasteiger partial charge < -0.3 is 10.1 Å². The lowest BCUT2D eigenvalue weighted by atomic mass is 10.0. The highest BCUT2D eigenvalue weighted by Crippen LogP contribution is 2.26. The van der Waals surface area contributed by atoms with Crippen molar-refractivity contribution in [1.29, 1.82) is 0 Å². The standard InChI is InChI=1S/C24H17ClN2O3/c1-30-24(29)20-14-19(25)8-10-22(20)27-23(28)18-5-2-4-15(13-18)16-7-9-21-17(12-16)6-3-11-26-21/h2-14H,1H3,(H,27,28). The number of hydrogen-bond donors (Lipinski definition) is 1. The zero-order valence-electron chi connectivity index (χ0n) is 16.1. The first-order valence-electron chi connectivity index (χ1n) is 9.19. The molecule has 0 bridgehead atoms. The number of nitrogens with one attached hydrogen (secondary N) is 1. The summed E-state index contributed by atoms with van der Waals surface area (Å²) in [6.45, 7) is 0. The van der Waals surface area contributed by atoms with Crippen LogP contribution in [0.3, 0.4) is 0 Å². The van der Waals surface area contributed by atoms with E-state index in [1.807, 2.05) is 42.5 Å². The topological polar surface area (TPSA) is 68.3 Å². The molecule has 0 aliphatic rings. The molecule has 5 nitrogen and oxygen atoms in total. The van der Waals surface area contributed by atoms with E-state index in [9.17, 15) is 9.59 Å². The molecule has 0 unspecified atom stereocenters. The fourth-order valence-electron chi connectivity index (χ4n) is 3.19. The van der Waals surface area contributed by atoms with Gasteiger partial charge in [-0.1, -0.05) is 35.9 Å². The Bertz CT molecular complexity index is 1270. The van der Waals surface area contributed by atoms with Gasteiger partial charge in [-0.05, 0) is 59.7 Å². The number of hydrogen-bond acceptors (Lipinski definition) is 4. The highest BCUT2D eigenvalue weighted by atomic mass is 35.5. The van der Waals surface area contributed by atoms with Crippen LogP contribution in [0.25, 0.3) is 22.0 Å². The van der Waals surface area contributed by atoms with Crippen molar-refractivity contribution < 1.29 is 14.3 Å². The van der Waals surface area contributed by atoms with E-state index in [4.69, 9.17) is 16.3 Å². The molecule has 0 radical (unpaired) electrons. The van der Waals surface area contributed by atoms with E-state index in [0.29, 0.717) is 16.3 Å². The number of rotatable bonds is 4. The number of fused-ring (bicyclic) bond motifs is 1. The van der Waals surface area contributed by atoms with E-state index in [2.05, 4.69) is 10.3 Å². The minimum atomic E-state index is -0.577. The molecule has 1 amide bonds. The first-order chi connectivity index (χ1) is 14.5. The molecule has 1 heterocycles. The van der Waals surface area contributed by atoms with Gasteiger partial charge in [0.15, 0.2) is 0 Å². The van der Waals surface area contributed by atoms with Crippen LogP contribution in [0.1, 0.15) is 20.7 Å². The Morgan fingerprint density at radius 3 is 2.60 bits per heavy atom. The zero-order valence-corrected chi connectivity index (χ0v) is 16.8. The van der Waals surface area contributed by atoms with Crippen LogP contribution in [-0.2, 0) is 4.74 Å². The van der Waals surface area contributed by atoms with E-state index in [1.54, 1.807) is 30.5 Å². The Morgan fingerprint density at radius 1 is 0.933 bits per heavy atom. The molecule has 30 heavy (non-hydrogen) atoms.